The van der Waals surface area contributed by atoms with Gasteiger partial charge in [-0.25, -0.2) is 8.78 Å². The normalized spacial score (nSPS) is 12.0. The molecule has 1 N–H and O–H groups in total. The van der Waals surface area contributed by atoms with Gasteiger partial charge in [0, 0.05) is 16.8 Å². The zero-order valence-corrected chi connectivity index (χ0v) is 17.0. The van der Waals surface area contributed by atoms with Crippen molar-refractivity contribution in [2.75, 3.05) is 5.32 Å². The quantitative estimate of drug-likeness (QED) is 0.379. The number of nitrogens with one attached hydrogen (secondary N) is 1. The van der Waals surface area contributed by atoms with E-state index in [4.69, 9.17) is 4.74 Å². The summed E-state index contributed by atoms with van der Waals surface area (Å²) in [6.07, 6.45) is -1.26. The smallest absolute Gasteiger partial charge is 0.326 e. The van der Waals surface area contributed by atoms with E-state index in [-0.39, 0.29) is 17.7 Å². The number of pyridine rings is 1. The summed E-state index contributed by atoms with van der Waals surface area (Å²) in [7, 11) is 0. The Morgan fingerprint density at radius 3 is 2.19 bits per heavy atom. The molecular formula is C24H18F2N2O4. The maximum absolute atomic E-state index is 13.8. The Labute approximate surface area is 181 Å². The van der Waals surface area contributed by atoms with Crippen LogP contribution in [0.5, 0.6) is 0 Å². The Bertz CT molecular complexity index is 1350. The Hall–Kier alpha value is -4.07. The molecule has 1 atom stereocenters. The molecule has 1 aromatic heterocycles. The Balaban J connectivity index is 1.57. The number of nitrogens with zero attached hydrogens (tertiary/aromatic N) is 1. The second-order valence-corrected chi connectivity index (χ2v) is 7.20. The van der Waals surface area contributed by atoms with Gasteiger partial charge in [0.25, 0.3) is 5.91 Å². The van der Waals surface area contributed by atoms with Crippen molar-refractivity contribution < 1.29 is 23.1 Å². The molecule has 3 aromatic carbocycles. The van der Waals surface area contributed by atoms with Crippen molar-refractivity contribution in [2.24, 2.45) is 0 Å². The van der Waals surface area contributed by atoms with Gasteiger partial charge >= 0.3 is 5.97 Å². The van der Waals surface area contributed by atoms with E-state index in [1.807, 2.05) is 0 Å². The molecule has 0 saturated carbocycles. The molecule has 1 amide bonds. The van der Waals surface area contributed by atoms with E-state index in [1.54, 1.807) is 53.1 Å². The summed E-state index contributed by atoms with van der Waals surface area (Å²) in [4.78, 5) is 37.7. The second-order valence-electron chi connectivity index (χ2n) is 7.20. The number of hydrogen-bond acceptors (Lipinski definition) is 4. The third-order valence-corrected chi connectivity index (χ3v) is 5.03. The number of carbonyl (C=O) groups is 2. The van der Waals surface area contributed by atoms with Crippen molar-refractivity contribution in [3.8, 4) is 0 Å². The fourth-order valence-corrected chi connectivity index (χ4v) is 3.49. The first-order valence-corrected chi connectivity index (χ1v) is 9.81. The van der Waals surface area contributed by atoms with E-state index in [1.165, 1.54) is 6.92 Å². The molecule has 8 heteroatoms. The van der Waals surface area contributed by atoms with Crippen molar-refractivity contribution in [1.29, 1.82) is 0 Å². The van der Waals surface area contributed by atoms with E-state index in [0.717, 1.165) is 18.2 Å². The highest BCUT2D eigenvalue weighted by Gasteiger charge is 2.21. The van der Waals surface area contributed by atoms with Crippen LogP contribution in [0.2, 0.25) is 0 Å². The van der Waals surface area contributed by atoms with E-state index in [2.05, 4.69) is 5.32 Å². The van der Waals surface area contributed by atoms with Gasteiger partial charge in [-0.1, -0.05) is 24.3 Å². The zero-order valence-electron chi connectivity index (χ0n) is 17.0. The lowest BCUT2D eigenvalue weighted by molar-refractivity contribution is -0.153. The molecule has 0 fully saturated rings. The molecule has 1 unspecified atom stereocenters. The van der Waals surface area contributed by atoms with Crippen LogP contribution in [-0.4, -0.2) is 22.5 Å². The summed E-state index contributed by atoms with van der Waals surface area (Å²) in [6.45, 7) is 1.07. The van der Waals surface area contributed by atoms with Crippen LogP contribution in [0.25, 0.3) is 21.8 Å². The predicted molar refractivity (Wildman–Crippen MR) is 116 cm³/mol. The number of rotatable bonds is 5. The number of aromatic nitrogens is 1. The number of para-hydroxylation sites is 2. The molecule has 162 valence electrons. The van der Waals surface area contributed by atoms with Gasteiger partial charge in [-0.15, -0.1) is 0 Å². The standard InChI is InChI=1S/C24H18F2N2O4/c1-14(24(31)27-19-12-15(25)10-11-18(19)26)32-22(29)13-28-20-8-4-2-6-16(20)23(30)17-7-3-5-9-21(17)28/h2-12,14H,13H2,1H3,(H,27,31). The number of benzene rings is 3. The molecule has 0 bridgehead atoms. The van der Waals surface area contributed by atoms with E-state index in [0.29, 0.717) is 21.8 Å². The molecule has 0 spiro atoms. The molecule has 4 rings (SSSR count). The first kappa shape index (κ1) is 21.2. The van der Waals surface area contributed by atoms with Gasteiger partial charge in [0.05, 0.1) is 16.7 Å². The number of hydrogen-bond donors (Lipinski definition) is 1. The van der Waals surface area contributed by atoms with Crippen LogP contribution in [0.15, 0.2) is 71.5 Å². The fourth-order valence-electron chi connectivity index (χ4n) is 3.49. The molecule has 0 aliphatic carbocycles. The van der Waals surface area contributed by atoms with Crippen LogP contribution in [-0.2, 0) is 20.9 Å². The average Bonchev–Trinajstić information content (AvgIpc) is 2.79. The van der Waals surface area contributed by atoms with Crippen LogP contribution >= 0.6 is 0 Å². The Morgan fingerprint density at radius 2 is 1.56 bits per heavy atom. The number of anilines is 1. The highest BCUT2D eigenvalue weighted by Crippen LogP contribution is 2.20. The van der Waals surface area contributed by atoms with Gasteiger partial charge in [0.2, 0.25) is 0 Å². The fraction of sp³-hybridized carbons (Fsp3) is 0.125. The minimum absolute atomic E-state index is 0.148. The van der Waals surface area contributed by atoms with Crippen molar-refractivity contribution >= 4 is 39.4 Å². The summed E-state index contributed by atoms with van der Waals surface area (Å²) >= 11 is 0. The average molecular weight is 436 g/mol. The molecule has 0 aliphatic heterocycles. The number of esters is 1. The lowest BCUT2D eigenvalue weighted by Gasteiger charge is -2.17. The van der Waals surface area contributed by atoms with Gasteiger partial charge in [0.1, 0.15) is 18.2 Å². The molecule has 32 heavy (non-hydrogen) atoms. The SMILES string of the molecule is CC(OC(=O)Cn1c2ccccc2c(=O)c2ccccc21)C(=O)Nc1cc(F)ccc1F. The minimum atomic E-state index is -1.26. The Kier molecular flexibility index (Phi) is 5.68. The molecule has 0 aliphatic rings. The monoisotopic (exact) mass is 436 g/mol. The van der Waals surface area contributed by atoms with Crippen LogP contribution in [0.4, 0.5) is 14.5 Å². The lowest BCUT2D eigenvalue weighted by atomic mass is 10.1. The van der Waals surface area contributed by atoms with Gasteiger partial charge in [-0.2, -0.15) is 0 Å². The molecule has 0 saturated heterocycles. The van der Waals surface area contributed by atoms with Crippen molar-refractivity contribution in [3.63, 3.8) is 0 Å². The van der Waals surface area contributed by atoms with Gasteiger partial charge in [-0.3, -0.25) is 14.4 Å². The number of amides is 1. The highest BCUT2D eigenvalue weighted by molar-refractivity contribution is 5.96. The Morgan fingerprint density at radius 1 is 0.969 bits per heavy atom. The molecule has 1 heterocycles. The summed E-state index contributed by atoms with van der Waals surface area (Å²) in [5, 5.41) is 3.11. The predicted octanol–water partition coefficient (Wildman–Crippen LogP) is 4.00. The largest absolute Gasteiger partial charge is 0.451 e. The molecule has 4 aromatic rings. The van der Waals surface area contributed by atoms with Crippen LogP contribution in [0.3, 0.4) is 0 Å². The minimum Gasteiger partial charge on any atom is -0.451 e. The van der Waals surface area contributed by atoms with Crippen LogP contribution in [0, 0.1) is 11.6 Å². The number of carbonyl (C=O) groups excluding carboxylic acids is 2. The number of fused-ring (bicyclic) bond motifs is 2. The zero-order chi connectivity index (χ0) is 22.8. The third-order valence-electron chi connectivity index (χ3n) is 5.03. The van der Waals surface area contributed by atoms with Gasteiger partial charge in [0.15, 0.2) is 11.5 Å². The maximum atomic E-state index is 13.8. The summed E-state index contributed by atoms with van der Waals surface area (Å²) < 4.78 is 33.9. The van der Waals surface area contributed by atoms with Gasteiger partial charge < -0.3 is 14.6 Å². The van der Waals surface area contributed by atoms with Crippen LogP contribution < -0.4 is 10.7 Å². The molecular weight excluding hydrogens is 418 g/mol. The van der Waals surface area contributed by atoms with Crippen molar-refractivity contribution in [1.82, 2.24) is 4.57 Å². The van der Waals surface area contributed by atoms with Crippen molar-refractivity contribution in [2.45, 2.75) is 19.6 Å². The van der Waals surface area contributed by atoms with E-state index < -0.39 is 29.6 Å². The van der Waals surface area contributed by atoms with Crippen LogP contribution in [0.1, 0.15) is 6.92 Å². The number of ether oxygens (including phenoxy) is 1. The first-order valence-electron chi connectivity index (χ1n) is 9.81. The molecule has 0 radical (unpaired) electrons. The topological polar surface area (TPSA) is 77.4 Å². The van der Waals surface area contributed by atoms with Gasteiger partial charge in [-0.05, 0) is 43.3 Å². The maximum Gasteiger partial charge on any atom is 0.326 e. The second kappa shape index (κ2) is 8.58. The lowest BCUT2D eigenvalue weighted by Crippen LogP contribution is -2.31. The number of halogens is 2. The first-order chi connectivity index (χ1) is 15.3. The summed E-state index contributed by atoms with van der Waals surface area (Å²) in [5.74, 6) is -3.07. The van der Waals surface area contributed by atoms with E-state index >= 15 is 0 Å². The third kappa shape index (κ3) is 4.07. The summed E-state index contributed by atoms with van der Waals surface area (Å²) in [6, 6.07) is 16.4. The highest BCUT2D eigenvalue weighted by atomic mass is 19.1. The van der Waals surface area contributed by atoms with Crippen molar-refractivity contribution in [3.05, 3.63) is 88.6 Å². The molecule has 6 nitrogen and oxygen atoms in total. The van der Waals surface area contributed by atoms with E-state index in [9.17, 15) is 23.2 Å². The summed E-state index contributed by atoms with van der Waals surface area (Å²) in [5.41, 5.74) is 0.597.